The van der Waals surface area contributed by atoms with Crippen LogP contribution in [-0.4, -0.2) is 55.5 Å². The zero-order chi connectivity index (χ0) is 20.7. The minimum atomic E-state index is -0.118. The molecule has 5 rings (SSSR count). The predicted molar refractivity (Wildman–Crippen MR) is 112 cm³/mol. The number of carbonyl (C=O) groups is 1. The highest BCUT2D eigenvalue weighted by Gasteiger charge is 2.33. The number of hydrogen-bond acceptors (Lipinski definition) is 7. The van der Waals surface area contributed by atoms with Gasteiger partial charge in [0.15, 0.2) is 5.16 Å². The zero-order valence-electron chi connectivity index (χ0n) is 17.0. The molecular weight excluding hydrogens is 402 g/mol. The number of amides is 1. The number of ether oxygens (including phenoxy) is 1. The molecular formula is C21H25N5O3S. The highest BCUT2D eigenvalue weighted by molar-refractivity contribution is 7.99. The molecule has 2 aromatic rings. The van der Waals surface area contributed by atoms with E-state index < -0.39 is 0 Å². The van der Waals surface area contributed by atoms with E-state index in [0.29, 0.717) is 18.8 Å². The summed E-state index contributed by atoms with van der Waals surface area (Å²) in [6.07, 6.45) is 4.71. The number of thioether (sulfide) groups is 1. The summed E-state index contributed by atoms with van der Waals surface area (Å²) in [5.74, 6) is 1.29. The van der Waals surface area contributed by atoms with Crippen molar-refractivity contribution in [2.45, 2.75) is 62.8 Å². The van der Waals surface area contributed by atoms with Crippen LogP contribution in [0.25, 0.3) is 0 Å². The average Bonchev–Trinajstić information content (AvgIpc) is 3.38. The molecule has 158 valence electrons. The third kappa shape index (κ3) is 3.71. The van der Waals surface area contributed by atoms with Gasteiger partial charge in [-0.3, -0.25) is 14.2 Å². The first-order valence-electron chi connectivity index (χ1n) is 10.6. The Kier molecular flexibility index (Phi) is 5.22. The van der Waals surface area contributed by atoms with E-state index in [1.165, 1.54) is 0 Å². The molecule has 2 aliphatic heterocycles. The number of rotatable bonds is 4. The van der Waals surface area contributed by atoms with Crippen molar-refractivity contribution >= 4 is 17.7 Å². The molecule has 0 aromatic carbocycles. The molecule has 0 spiro atoms. The van der Waals surface area contributed by atoms with Crippen LogP contribution in [0.4, 0.5) is 0 Å². The summed E-state index contributed by atoms with van der Waals surface area (Å²) in [4.78, 5) is 32.6. The highest BCUT2D eigenvalue weighted by Crippen LogP contribution is 2.34. The second-order valence-corrected chi connectivity index (χ2v) is 9.24. The average molecular weight is 428 g/mol. The van der Waals surface area contributed by atoms with E-state index in [1.807, 2.05) is 24.0 Å². The van der Waals surface area contributed by atoms with E-state index in [4.69, 9.17) is 9.72 Å². The van der Waals surface area contributed by atoms with E-state index in [0.717, 1.165) is 66.5 Å². The SMILES string of the molecule is Cc1ccc(OC2CCCN(C(=O)CC3CSc4nc5c(c(=O)n43)CCC5)C2)nn1. The Balaban J connectivity index is 1.25. The standard InChI is InChI=1S/C21H25N5O3S/c1-13-7-8-18(24-23-13)29-15-4-3-9-25(11-15)19(27)10-14-12-30-21-22-17-6-2-5-16(17)20(28)26(14)21/h7-8,14-15H,2-6,9-12H2,1H3. The Labute approximate surface area is 179 Å². The van der Waals surface area contributed by atoms with Crippen molar-refractivity contribution < 1.29 is 9.53 Å². The van der Waals surface area contributed by atoms with E-state index in [1.54, 1.807) is 16.3 Å². The minimum absolute atomic E-state index is 0.0631. The molecule has 3 aliphatic rings. The number of piperidine rings is 1. The highest BCUT2D eigenvalue weighted by atomic mass is 32.2. The Hall–Kier alpha value is -2.42. The Morgan fingerprint density at radius 2 is 2.17 bits per heavy atom. The van der Waals surface area contributed by atoms with Gasteiger partial charge >= 0.3 is 0 Å². The summed E-state index contributed by atoms with van der Waals surface area (Å²) in [5.41, 5.74) is 2.71. The van der Waals surface area contributed by atoms with Crippen molar-refractivity contribution in [3.8, 4) is 5.88 Å². The maximum absolute atomic E-state index is 13.0. The third-order valence-corrected chi connectivity index (χ3v) is 7.17. The van der Waals surface area contributed by atoms with Crippen LogP contribution in [0, 0.1) is 6.92 Å². The third-order valence-electron chi connectivity index (χ3n) is 6.07. The Bertz CT molecular complexity index is 1020. The second-order valence-electron chi connectivity index (χ2n) is 8.25. The zero-order valence-corrected chi connectivity index (χ0v) is 17.9. The van der Waals surface area contributed by atoms with E-state index >= 15 is 0 Å². The topological polar surface area (TPSA) is 90.2 Å². The fraction of sp³-hybridized carbons (Fsp3) is 0.571. The van der Waals surface area contributed by atoms with Crippen molar-refractivity contribution in [1.82, 2.24) is 24.6 Å². The van der Waals surface area contributed by atoms with Crippen molar-refractivity contribution in [2.24, 2.45) is 0 Å². The van der Waals surface area contributed by atoms with Gasteiger partial charge in [-0.25, -0.2) is 4.98 Å². The summed E-state index contributed by atoms with van der Waals surface area (Å²) in [5, 5.41) is 8.86. The number of carbonyl (C=O) groups excluding carboxylic acids is 1. The van der Waals surface area contributed by atoms with Gasteiger partial charge in [0, 0.05) is 30.3 Å². The molecule has 0 N–H and O–H groups in total. The van der Waals surface area contributed by atoms with Gasteiger partial charge in [-0.15, -0.1) is 5.10 Å². The fourth-order valence-electron chi connectivity index (χ4n) is 4.51. The van der Waals surface area contributed by atoms with Gasteiger partial charge in [-0.2, -0.15) is 5.10 Å². The number of hydrogen-bond donors (Lipinski definition) is 0. The summed E-state index contributed by atoms with van der Waals surface area (Å²) >= 11 is 1.59. The number of fused-ring (bicyclic) bond motifs is 2. The maximum atomic E-state index is 13.0. The first kappa shape index (κ1) is 19.5. The minimum Gasteiger partial charge on any atom is -0.471 e. The van der Waals surface area contributed by atoms with E-state index in [2.05, 4.69) is 10.2 Å². The Morgan fingerprint density at radius 1 is 1.27 bits per heavy atom. The molecule has 1 amide bonds. The number of nitrogens with zero attached hydrogens (tertiary/aromatic N) is 5. The summed E-state index contributed by atoms with van der Waals surface area (Å²) in [7, 11) is 0. The van der Waals surface area contributed by atoms with E-state index in [-0.39, 0.29) is 23.6 Å². The summed E-state index contributed by atoms with van der Waals surface area (Å²) in [6, 6.07) is 3.56. The van der Waals surface area contributed by atoms with Crippen LogP contribution in [0.15, 0.2) is 22.1 Å². The van der Waals surface area contributed by atoms with Gasteiger partial charge < -0.3 is 9.64 Å². The monoisotopic (exact) mass is 427 g/mol. The fourth-order valence-corrected chi connectivity index (χ4v) is 5.67. The van der Waals surface area contributed by atoms with Gasteiger partial charge in [0.2, 0.25) is 11.8 Å². The molecule has 1 saturated heterocycles. The number of aryl methyl sites for hydroxylation is 2. The second kappa shape index (κ2) is 8.02. The van der Waals surface area contributed by atoms with Gasteiger partial charge in [-0.1, -0.05) is 11.8 Å². The Morgan fingerprint density at radius 3 is 3.00 bits per heavy atom. The lowest BCUT2D eigenvalue weighted by Gasteiger charge is -2.33. The van der Waals surface area contributed by atoms with Gasteiger partial charge in [0.05, 0.1) is 24.0 Å². The number of likely N-dealkylation sites (tertiary alicyclic amines) is 1. The molecule has 30 heavy (non-hydrogen) atoms. The van der Waals surface area contributed by atoms with Crippen molar-refractivity contribution in [1.29, 1.82) is 0 Å². The maximum Gasteiger partial charge on any atom is 0.257 e. The first-order valence-corrected chi connectivity index (χ1v) is 11.6. The van der Waals surface area contributed by atoms with Gasteiger partial charge in [0.25, 0.3) is 5.56 Å². The lowest BCUT2D eigenvalue weighted by molar-refractivity contribution is -0.134. The summed E-state index contributed by atoms with van der Waals surface area (Å²) < 4.78 is 7.72. The van der Waals surface area contributed by atoms with E-state index in [9.17, 15) is 9.59 Å². The molecule has 1 fully saturated rings. The van der Waals surface area contributed by atoms with Crippen LogP contribution < -0.4 is 10.3 Å². The normalized spacial score (nSPS) is 22.6. The van der Waals surface area contributed by atoms with Crippen LogP contribution in [0.1, 0.15) is 48.7 Å². The largest absolute Gasteiger partial charge is 0.471 e. The van der Waals surface area contributed by atoms with Crippen LogP contribution in [-0.2, 0) is 17.6 Å². The predicted octanol–water partition coefficient (Wildman–Crippen LogP) is 1.94. The molecule has 2 aromatic heterocycles. The quantitative estimate of drug-likeness (QED) is 0.689. The first-order chi connectivity index (χ1) is 14.6. The van der Waals surface area contributed by atoms with Gasteiger partial charge in [0.1, 0.15) is 6.10 Å². The molecule has 9 heteroatoms. The number of aromatic nitrogens is 4. The van der Waals surface area contributed by atoms with Crippen molar-refractivity contribution in [2.75, 3.05) is 18.8 Å². The molecule has 4 heterocycles. The lowest BCUT2D eigenvalue weighted by Crippen LogP contribution is -2.45. The van der Waals surface area contributed by atoms with Crippen molar-refractivity contribution in [3.63, 3.8) is 0 Å². The van der Waals surface area contributed by atoms with Crippen LogP contribution >= 0.6 is 11.8 Å². The molecule has 1 aliphatic carbocycles. The van der Waals surface area contributed by atoms with Gasteiger partial charge in [-0.05, 0) is 45.1 Å². The molecule has 2 unspecified atom stereocenters. The smallest absolute Gasteiger partial charge is 0.257 e. The molecule has 8 nitrogen and oxygen atoms in total. The molecule has 0 bridgehead atoms. The summed E-state index contributed by atoms with van der Waals surface area (Å²) in [6.45, 7) is 3.15. The molecule has 0 radical (unpaired) electrons. The van der Waals surface area contributed by atoms with Crippen molar-refractivity contribution in [3.05, 3.63) is 39.4 Å². The molecule has 2 atom stereocenters. The molecule has 0 saturated carbocycles. The van der Waals surface area contributed by atoms with Crippen LogP contribution in [0.5, 0.6) is 5.88 Å². The van der Waals surface area contributed by atoms with Crippen LogP contribution in [0.3, 0.4) is 0 Å². The lowest BCUT2D eigenvalue weighted by atomic mass is 10.1. The van der Waals surface area contributed by atoms with Crippen LogP contribution in [0.2, 0.25) is 0 Å².